The van der Waals surface area contributed by atoms with Crippen molar-refractivity contribution >= 4 is 41.5 Å². The number of carbonyl (C=O) groups is 1. The molecule has 0 unspecified atom stereocenters. The van der Waals surface area contributed by atoms with Crippen molar-refractivity contribution in [3.8, 4) is 0 Å². The van der Waals surface area contributed by atoms with Crippen molar-refractivity contribution in [1.82, 2.24) is 15.5 Å². The number of anilines is 1. The van der Waals surface area contributed by atoms with Crippen LogP contribution in [0.1, 0.15) is 25.8 Å². The Morgan fingerprint density at radius 1 is 1.15 bits per heavy atom. The monoisotopic (exact) mass is 475 g/mol. The summed E-state index contributed by atoms with van der Waals surface area (Å²) in [5.74, 6) is 0.685. The van der Waals surface area contributed by atoms with Gasteiger partial charge in [0.1, 0.15) is 6.54 Å². The van der Waals surface area contributed by atoms with Crippen molar-refractivity contribution in [1.29, 1.82) is 0 Å². The number of guanidine groups is 1. The third kappa shape index (κ3) is 9.26. The van der Waals surface area contributed by atoms with Crippen molar-refractivity contribution in [2.45, 2.75) is 27.2 Å². The molecule has 6 nitrogen and oxygen atoms in total. The number of hydrogen-bond donors (Lipinski definition) is 2. The molecule has 7 heteroatoms. The fourth-order valence-corrected chi connectivity index (χ4v) is 2.31. The highest BCUT2D eigenvalue weighted by Crippen LogP contribution is 2.14. The second-order valence-corrected chi connectivity index (χ2v) is 6.23. The van der Waals surface area contributed by atoms with E-state index in [0.717, 1.165) is 32.6 Å². The molecule has 0 radical (unpaired) electrons. The molecule has 0 bridgehead atoms. The van der Waals surface area contributed by atoms with E-state index < -0.39 is 0 Å². The SMILES string of the molecule is CCCNC(=NCC(=O)N(C)C)NCCN(CC)c1cccc(C)c1.I. The van der Waals surface area contributed by atoms with E-state index in [1.807, 2.05) is 0 Å². The molecule has 1 aromatic rings. The van der Waals surface area contributed by atoms with Gasteiger partial charge in [-0.25, -0.2) is 4.99 Å². The maximum Gasteiger partial charge on any atom is 0.243 e. The molecule has 0 aliphatic heterocycles. The van der Waals surface area contributed by atoms with E-state index in [-0.39, 0.29) is 36.4 Å². The van der Waals surface area contributed by atoms with Crippen molar-refractivity contribution < 1.29 is 4.79 Å². The van der Waals surface area contributed by atoms with E-state index in [4.69, 9.17) is 0 Å². The third-order valence-electron chi connectivity index (χ3n) is 3.84. The second kappa shape index (κ2) is 13.7. The van der Waals surface area contributed by atoms with Crippen molar-refractivity contribution in [3.05, 3.63) is 29.8 Å². The third-order valence-corrected chi connectivity index (χ3v) is 3.84. The van der Waals surface area contributed by atoms with Gasteiger partial charge in [0.25, 0.3) is 0 Å². The number of rotatable bonds is 9. The van der Waals surface area contributed by atoms with Crippen LogP contribution in [0.2, 0.25) is 0 Å². The molecule has 0 fully saturated rings. The highest BCUT2D eigenvalue weighted by Gasteiger charge is 2.06. The number of hydrogen-bond acceptors (Lipinski definition) is 3. The lowest BCUT2D eigenvalue weighted by molar-refractivity contribution is -0.127. The molecular weight excluding hydrogens is 441 g/mol. The normalized spacial score (nSPS) is 10.7. The van der Waals surface area contributed by atoms with Crippen LogP contribution in [0.15, 0.2) is 29.3 Å². The highest BCUT2D eigenvalue weighted by atomic mass is 127. The molecule has 0 spiro atoms. The van der Waals surface area contributed by atoms with E-state index >= 15 is 0 Å². The average molecular weight is 475 g/mol. The van der Waals surface area contributed by atoms with Crippen LogP contribution in [0.3, 0.4) is 0 Å². The fraction of sp³-hybridized carbons (Fsp3) is 0.579. The van der Waals surface area contributed by atoms with Crippen molar-refractivity contribution in [2.24, 2.45) is 4.99 Å². The Morgan fingerprint density at radius 2 is 1.85 bits per heavy atom. The summed E-state index contributed by atoms with van der Waals surface area (Å²) in [6.07, 6.45) is 1.01. The number of aryl methyl sites for hydroxylation is 1. The van der Waals surface area contributed by atoms with Crippen LogP contribution in [0.4, 0.5) is 5.69 Å². The molecule has 148 valence electrons. The molecule has 26 heavy (non-hydrogen) atoms. The zero-order chi connectivity index (χ0) is 18.7. The van der Waals surface area contributed by atoms with Gasteiger partial charge in [0.15, 0.2) is 5.96 Å². The Bertz CT molecular complexity index is 563. The summed E-state index contributed by atoms with van der Waals surface area (Å²) in [4.78, 5) is 20.0. The number of benzene rings is 1. The predicted octanol–water partition coefficient (Wildman–Crippen LogP) is 2.47. The van der Waals surface area contributed by atoms with Gasteiger partial charge < -0.3 is 20.4 Å². The van der Waals surface area contributed by atoms with Crippen molar-refractivity contribution in [3.63, 3.8) is 0 Å². The Morgan fingerprint density at radius 3 is 2.42 bits per heavy atom. The van der Waals surface area contributed by atoms with Crippen LogP contribution in [0, 0.1) is 6.92 Å². The molecule has 2 N–H and O–H groups in total. The Hall–Kier alpha value is -1.51. The molecule has 0 saturated heterocycles. The number of halogens is 1. The first-order chi connectivity index (χ1) is 12.0. The van der Waals surface area contributed by atoms with E-state index in [0.29, 0.717) is 5.96 Å². The summed E-state index contributed by atoms with van der Waals surface area (Å²) in [6, 6.07) is 8.53. The maximum absolute atomic E-state index is 11.7. The van der Waals surface area contributed by atoms with Gasteiger partial charge >= 0.3 is 0 Å². The quantitative estimate of drug-likeness (QED) is 0.328. The van der Waals surface area contributed by atoms with Crippen LogP contribution >= 0.6 is 24.0 Å². The minimum absolute atomic E-state index is 0. The first-order valence-electron chi connectivity index (χ1n) is 9.01. The molecule has 0 atom stereocenters. The van der Waals surface area contributed by atoms with Gasteiger partial charge in [-0.1, -0.05) is 19.1 Å². The Labute approximate surface area is 175 Å². The van der Waals surface area contributed by atoms with E-state index in [2.05, 4.69) is 65.6 Å². The zero-order valence-corrected chi connectivity index (χ0v) is 19.0. The molecule has 1 rings (SSSR count). The van der Waals surface area contributed by atoms with E-state index in [1.54, 1.807) is 19.0 Å². The summed E-state index contributed by atoms with van der Waals surface area (Å²) in [5.41, 5.74) is 2.49. The van der Waals surface area contributed by atoms with Crippen LogP contribution in [-0.4, -0.2) is 63.6 Å². The minimum Gasteiger partial charge on any atom is -0.370 e. The summed E-state index contributed by atoms with van der Waals surface area (Å²) in [5, 5.41) is 6.58. The van der Waals surface area contributed by atoms with E-state index in [1.165, 1.54) is 11.3 Å². The standard InChI is InChI=1S/C19H33N5O.HI/c1-6-11-20-19(22-15-18(25)23(4)5)21-12-13-24(7-2)17-10-8-9-16(3)14-17;/h8-10,14H,6-7,11-13,15H2,1-5H3,(H2,20,21,22);1H. The van der Waals surface area contributed by atoms with Crippen LogP contribution in [-0.2, 0) is 4.79 Å². The maximum atomic E-state index is 11.7. The van der Waals surface area contributed by atoms with Gasteiger partial charge in [-0.15, -0.1) is 24.0 Å². The molecular formula is C19H34IN5O. The van der Waals surface area contributed by atoms with Crippen LogP contribution < -0.4 is 15.5 Å². The van der Waals surface area contributed by atoms with Gasteiger partial charge in [0.05, 0.1) is 0 Å². The van der Waals surface area contributed by atoms with Gasteiger partial charge in [0, 0.05) is 46.0 Å². The zero-order valence-electron chi connectivity index (χ0n) is 16.7. The highest BCUT2D eigenvalue weighted by molar-refractivity contribution is 14.0. The summed E-state index contributed by atoms with van der Waals surface area (Å²) < 4.78 is 0. The summed E-state index contributed by atoms with van der Waals surface area (Å²) >= 11 is 0. The predicted molar refractivity (Wildman–Crippen MR) is 122 cm³/mol. The summed E-state index contributed by atoms with van der Waals surface area (Å²) in [7, 11) is 3.48. The molecule has 1 aromatic carbocycles. The molecule has 0 saturated carbocycles. The first-order valence-corrected chi connectivity index (χ1v) is 9.01. The van der Waals surface area contributed by atoms with Gasteiger partial charge in [-0.2, -0.15) is 0 Å². The average Bonchev–Trinajstić information content (AvgIpc) is 2.59. The van der Waals surface area contributed by atoms with Gasteiger partial charge in [-0.05, 0) is 38.0 Å². The van der Waals surface area contributed by atoms with E-state index in [9.17, 15) is 4.79 Å². The molecule has 0 aliphatic rings. The first kappa shape index (κ1) is 24.5. The smallest absolute Gasteiger partial charge is 0.243 e. The number of carbonyl (C=O) groups excluding carboxylic acids is 1. The van der Waals surface area contributed by atoms with Crippen LogP contribution in [0.25, 0.3) is 0 Å². The Kier molecular flexibility index (Phi) is 12.9. The lowest BCUT2D eigenvalue weighted by Gasteiger charge is -2.24. The largest absolute Gasteiger partial charge is 0.370 e. The number of aliphatic imine (C=N–C) groups is 1. The lowest BCUT2D eigenvalue weighted by Crippen LogP contribution is -2.42. The number of nitrogens with zero attached hydrogens (tertiary/aromatic N) is 3. The molecule has 0 aliphatic carbocycles. The van der Waals surface area contributed by atoms with Crippen LogP contribution in [0.5, 0.6) is 0 Å². The minimum atomic E-state index is -0.00690. The number of nitrogens with one attached hydrogen (secondary N) is 2. The second-order valence-electron chi connectivity index (χ2n) is 6.23. The Balaban J connectivity index is 0.00000625. The number of likely N-dealkylation sites (N-methyl/N-ethyl adjacent to an activating group) is 2. The van der Waals surface area contributed by atoms with Gasteiger partial charge in [0.2, 0.25) is 5.91 Å². The summed E-state index contributed by atoms with van der Waals surface area (Å²) in [6.45, 7) is 9.92. The molecule has 0 heterocycles. The van der Waals surface area contributed by atoms with Crippen molar-refractivity contribution in [2.75, 3.05) is 51.7 Å². The number of amides is 1. The lowest BCUT2D eigenvalue weighted by atomic mass is 10.2. The van der Waals surface area contributed by atoms with Gasteiger partial charge in [-0.3, -0.25) is 4.79 Å². The molecule has 1 amide bonds. The fourth-order valence-electron chi connectivity index (χ4n) is 2.31. The topological polar surface area (TPSA) is 60.0 Å². The molecule has 0 aromatic heterocycles.